The van der Waals surface area contributed by atoms with Gasteiger partial charge in [0.15, 0.2) is 22.9 Å². The third kappa shape index (κ3) is 4.09. The predicted molar refractivity (Wildman–Crippen MR) is 134 cm³/mol. The number of Topliss-reactive ketones (excluding diaryl/α,β-unsaturated/α-hetero) is 1. The van der Waals surface area contributed by atoms with Crippen molar-refractivity contribution in [2.45, 2.75) is 19.5 Å². The maximum atomic E-state index is 13.7. The van der Waals surface area contributed by atoms with Crippen LogP contribution in [0.2, 0.25) is 0 Å². The summed E-state index contributed by atoms with van der Waals surface area (Å²) < 4.78 is 16.7. The molecule has 0 bridgehead atoms. The van der Waals surface area contributed by atoms with Crippen LogP contribution in [0, 0.1) is 0 Å². The number of benzene rings is 3. The van der Waals surface area contributed by atoms with E-state index < -0.39 is 23.5 Å². The summed E-state index contributed by atoms with van der Waals surface area (Å²) in [6.45, 7) is 2.66. The van der Waals surface area contributed by atoms with Crippen LogP contribution in [0.25, 0.3) is 11.0 Å². The molecule has 0 spiro atoms. The Morgan fingerprint density at radius 2 is 1.78 bits per heavy atom. The molecule has 36 heavy (non-hydrogen) atoms. The topological polar surface area (TPSA) is 89.2 Å². The smallest absolute Gasteiger partial charge is 0.290 e. The van der Waals surface area contributed by atoms with Crippen molar-refractivity contribution in [3.8, 4) is 11.5 Å². The van der Waals surface area contributed by atoms with Crippen molar-refractivity contribution < 1.29 is 28.6 Å². The maximum absolute atomic E-state index is 13.7. The van der Waals surface area contributed by atoms with Crippen LogP contribution in [0.5, 0.6) is 11.5 Å². The Morgan fingerprint density at radius 3 is 2.47 bits per heavy atom. The number of amides is 1. The molecule has 5 rings (SSSR count). The molecule has 1 unspecified atom stereocenters. The van der Waals surface area contributed by atoms with Gasteiger partial charge in [-0.15, -0.1) is 0 Å². The van der Waals surface area contributed by atoms with E-state index in [0.717, 1.165) is 11.3 Å². The molecule has 7 nitrogen and oxygen atoms in total. The van der Waals surface area contributed by atoms with Crippen molar-refractivity contribution in [2.75, 3.05) is 13.7 Å². The Balaban J connectivity index is 1.54. The highest BCUT2D eigenvalue weighted by Gasteiger charge is 2.44. The van der Waals surface area contributed by atoms with Gasteiger partial charge in [0.2, 0.25) is 5.78 Å². The van der Waals surface area contributed by atoms with E-state index in [1.54, 1.807) is 24.3 Å². The minimum absolute atomic E-state index is 0.0184. The molecule has 7 heteroatoms. The number of carbonyl (C=O) groups excluding carboxylic acids is 2. The van der Waals surface area contributed by atoms with Crippen LogP contribution in [0.3, 0.4) is 0 Å². The Kier molecular flexibility index (Phi) is 6.21. The molecule has 1 N–H and O–H groups in total. The first-order chi connectivity index (χ1) is 17.5. The van der Waals surface area contributed by atoms with Crippen molar-refractivity contribution in [3.05, 3.63) is 107 Å². The second-order valence-electron chi connectivity index (χ2n) is 8.40. The minimum Gasteiger partial charge on any atom is -0.503 e. The highest BCUT2D eigenvalue weighted by Crippen LogP contribution is 2.41. The van der Waals surface area contributed by atoms with Gasteiger partial charge in [-0.2, -0.15) is 0 Å². The number of fused-ring (bicyclic) bond motifs is 1. The molecule has 1 amide bonds. The molecule has 1 aromatic heterocycles. The molecule has 3 aromatic carbocycles. The summed E-state index contributed by atoms with van der Waals surface area (Å²) >= 11 is 0. The average Bonchev–Trinajstić information content (AvgIpc) is 3.45. The van der Waals surface area contributed by atoms with Crippen molar-refractivity contribution in [1.82, 2.24) is 4.90 Å². The van der Waals surface area contributed by atoms with Crippen LogP contribution in [-0.2, 0) is 11.3 Å². The van der Waals surface area contributed by atoms with Crippen molar-refractivity contribution in [2.24, 2.45) is 0 Å². The molecule has 0 saturated carbocycles. The van der Waals surface area contributed by atoms with Crippen LogP contribution in [0.15, 0.2) is 94.6 Å². The quantitative estimate of drug-likeness (QED) is 0.327. The number of ether oxygens (including phenoxy) is 2. The number of nitrogens with zero attached hydrogens (tertiary/aromatic N) is 1. The van der Waals surface area contributed by atoms with Gasteiger partial charge in [-0.25, -0.2) is 0 Å². The lowest BCUT2D eigenvalue weighted by Crippen LogP contribution is -2.30. The molecule has 0 saturated heterocycles. The lowest BCUT2D eigenvalue weighted by atomic mass is 9.95. The molecular formula is C29H25NO6. The molecule has 1 aliphatic heterocycles. The molecule has 0 aliphatic carbocycles. The first-order valence-corrected chi connectivity index (χ1v) is 11.6. The lowest BCUT2D eigenvalue weighted by molar-refractivity contribution is -0.130. The second-order valence-corrected chi connectivity index (χ2v) is 8.40. The van der Waals surface area contributed by atoms with E-state index in [2.05, 4.69) is 0 Å². The lowest BCUT2D eigenvalue weighted by Gasteiger charge is -2.27. The fourth-order valence-corrected chi connectivity index (χ4v) is 4.53. The van der Waals surface area contributed by atoms with Crippen LogP contribution in [-0.4, -0.2) is 35.4 Å². The number of para-hydroxylation sites is 1. The highest BCUT2D eigenvalue weighted by atomic mass is 16.5. The Morgan fingerprint density at radius 1 is 1.03 bits per heavy atom. The number of ketones is 1. The molecule has 1 aliphatic rings. The summed E-state index contributed by atoms with van der Waals surface area (Å²) in [5.74, 6) is -0.508. The van der Waals surface area contributed by atoms with E-state index in [9.17, 15) is 14.7 Å². The van der Waals surface area contributed by atoms with Crippen LogP contribution >= 0.6 is 0 Å². The molecule has 4 aromatic rings. The number of aliphatic hydroxyl groups is 1. The fraction of sp³-hybridized carbons (Fsp3) is 0.172. The summed E-state index contributed by atoms with van der Waals surface area (Å²) in [6, 6.07) is 22.7. The van der Waals surface area contributed by atoms with Gasteiger partial charge < -0.3 is 23.9 Å². The first-order valence-electron chi connectivity index (χ1n) is 11.6. The predicted octanol–water partition coefficient (Wildman–Crippen LogP) is 5.62. The van der Waals surface area contributed by atoms with Gasteiger partial charge in [0.05, 0.1) is 25.3 Å². The van der Waals surface area contributed by atoms with Crippen LogP contribution in [0.1, 0.15) is 34.6 Å². The van der Waals surface area contributed by atoms with Gasteiger partial charge >= 0.3 is 0 Å². The molecule has 2 heterocycles. The monoisotopic (exact) mass is 483 g/mol. The van der Waals surface area contributed by atoms with Gasteiger partial charge in [-0.1, -0.05) is 54.6 Å². The first kappa shape index (κ1) is 23.2. The van der Waals surface area contributed by atoms with Crippen LogP contribution < -0.4 is 9.47 Å². The van der Waals surface area contributed by atoms with E-state index in [-0.39, 0.29) is 17.9 Å². The van der Waals surface area contributed by atoms with Crippen molar-refractivity contribution in [1.29, 1.82) is 0 Å². The zero-order valence-electron chi connectivity index (χ0n) is 19.9. The summed E-state index contributed by atoms with van der Waals surface area (Å²) in [6.07, 6.45) is 0. The largest absolute Gasteiger partial charge is 0.503 e. The van der Waals surface area contributed by atoms with Crippen LogP contribution in [0.4, 0.5) is 0 Å². The van der Waals surface area contributed by atoms with E-state index in [4.69, 9.17) is 13.9 Å². The van der Waals surface area contributed by atoms with Crippen molar-refractivity contribution >= 4 is 22.7 Å². The SMILES string of the molecule is CCOc1ccc(CN2C(=O)C(O)=C(C(=O)c3cc4cccc(OC)c4o3)C2c2ccccc2)cc1. The zero-order chi connectivity index (χ0) is 25.2. The van der Waals surface area contributed by atoms with E-state index >= 15 is 0 Å². The Bertz CT molecular complexity index is 1450. The Hall–Kier alpha value is -4.52. The van der Waals surface area contributed by atoms with Crippen molar-refractivity contribution in [3.63, 3.8) is 0 Å². The van der Waals surface area contributed by atoms with Gasteiger partial charge in [0.1, 0.15) is 5.75 Å². The standard InChI is InChI=1S/C29H25NO6/c1-3-35-21-14-12-18(13-15-21)17-30-25(19-8-5-4-6-9-19)24(27(32)29(30)33)26(31)23-16-20-10-7-11-22(34-2)28(20)36-23/h4-16,25,32H,3,17H2,1-2H3. The third-order valence-electron chi connectivity index (χ3n) is 6.20. The van der Waals surface area contributed by atoms with E-state index in [1.807, 2.05) is 61.5 Å². The third-order valence-corrected chi connectivity index (χ3v) is 6.20. The number of furan rings is 1. The number of rotatable bonds is 8. The summed E-state index contributed by atoms with van der Waals surface area (Å²) in [7, 11) is 1.52. The summed E-state index contributed by atoms with van der Waals surface area (Å²) in [5, 5.41) is 11.6. The van der Waals surface area contributed by atoms with Gasteiger partial charge in [0.25, 0.3) is 5.91 Å². The second kappa shape index (κ2) is 9.62. The number of hydrogen-bond donors (Lipinski definition) is 1. The average molecular weight is 484 g/mol. The summed E-state index contributed by atoms with van der Waals surface area (Å²) in [4.78, 5) is 28.5. The molecular weight excluding hydrogens is 458 g/mol. The molecule has 0 fully saturated rings. The van der Waals surface area contributed by atoms with Gasteiger partial charge in [-0.3, -0.25) is 9.59 Å². The van der Waals surface area contributed by atoms with E-state index in [0.29, 0.717) is 28.9 Å². The number of carbonyl (C=O) groups is 2. The molecule has 0 radical (unpaired) electrons. The number of methoxy groups -OCH3 is 1. The molecule has 182 valence electrons. The zero-order valence-corrected chi connectivity index (χ0v) is 19.9. The fourth-order valence-electron chi connectivity index (χ4n) is 4.53. The van der Waals surface area contributed by atoms with Gasteiger partial charge in [0, 0.05) is 11.9 Å². The minimum atomic E-state index is -0.784. The summed E-state index contributed by atoms with van der Waals surface area (Å²) in [5.41, 5.74) is 1.95. The van der Waals surface area contributed by atoms with E-state index in [1.165, 1.54) is 12.0 Å². The Labute approximate surface area is 208 Å². The number of hydrogen-bond acceptors (Lipinski definition) is 6. The maximum Gasteiger partial charge on any atom is 0.290 e. The highest BCUT2D eigenvalue weighted by molar-refractivity contribution is 6.16. The number of aliphatic hydroxyl groups excluding tert-OH is 1. The normalized spacial score (nSPS) is 15.6. The van der Waals surface area contributed by atoms with Gasteiger partial charge in [-0.05, 0) is 42.3 Å². The molecule has 1 atom stereocenters.